The summed E-state index contributed by atoms with van der Waals surface area (Å²) in [5, 5.41) is 8.56. The van der Waals surface area contributed by atoms with E-state index in [1.807, 2.05) is 91.5 Å². The smallest absolute Gasteiger partial charge is 0.230 e. The highest BCUT2D eigenvalue weighted by Gasteiger charge is 2.13. The normalized spacial score (nSPS) is 11.2. The largest absolute Gasteiger partial charge is 0.354 e. The summed E-state index contributed by atoms with van der Waals surface area (Å²) in [6, 6.07) is 23.8. The van der Waals surface area contributed by atoms with Gasteiger partial charge in [-0.15, -0.1) is 0 Å². The second-order valence-corrected chi connectivity index (χ2v) is 9.01. The molecule has 0 saturated heterocycles. The van der Waals surface area contributed by atoms with E-state index in [-0.39, 0.29) is 12.3 Å². The standard InChI is InChI=1S/C29H25N7O/c1-19-17-36(18-31-19)29-24-16-26(33-25(24)12-13-30-29)21-8-10-22(11-9-21)32-28(37)15-23-14-27(34-35(23)2)20-6-4-3-5-7-20/h3-14,16-18,33H,15H2,1-2H3,(H,32,37). The number of aromatic nitrogens is 6. The maximum absolute atomic E-state index is 12.8. The third-order valence-corrected chi connectivity index (χ3v) is 6.35. The lowest BCUT2D eigenvalue weighted by Gasteiger charge is -2.06. The van der Waals surface area contributed by atoms with Crippen LogP contribution in [-0.4, -0.2) is 35.2 Å². The fourth-order valence-corrected chi connectivity index (χ4v) is 4.46. The maximum atomic E-state index is 12.8. The van der Waals surface area contributed by atoms with Crippen LogP contribution in [0.1, 0.15) is 11.4 Å². The molecule has 6 rings (SSSR count). The minimum absolute atomic E-state index is 0.0904. The van der Waals surface area contributed by atoms with Crippen molar-refractivity contribution >= 4 is 22.5 Å². The second-order valence-electron chi connectivity index (χ2n) is 9.01. The second kappa shape index (κ2) is 9.23. The molecule has 0 aliphatic carbocycles. The molecule has 8 nitrogen and oxygen atoms in total. The number of anilines is 1. The molecule has 0 atom stereocenters. The molecule has 8 heteroatoms. The number of aromatic amines is 1. The van der Waals surface area contributed by atoms with Crippen LogP contribution in [-0.2, 0) is 18.3 Å². The molecule has 0 unspecified atom stereocenters. The van der Waals surface area contributed by atoms with Gasteiger partial charge in [0.15, 0.2) is 0 Å². The van der Waals surface area contributed by atoms with E-state index in [2.05, 4.69) is 31.4 Å². The van der Waals surface area contributed by atoms with Gasteiger partial charge in [-0.3, -0.25) is 14.0 Å². The average molecular weight is 488 g/mol. The van der Waals surface area contributed by atoms with Crippen molar-refractivity contribution in [3.63, 3.8) is 0 Å². The Labute approximate surface area is 213 Å². The van der Waals surface area contributed by atoms with Gasteiger partial charge >= 0.3 is 0 Å². The molecule has 0 aliphatic rings. The summed E-state index contributed by atoms with van der Waals surface area (Å²) in [5.74, 6) is 0.738. The number of rotatable bonds is 6. The van der Waals surface area contributed by atoms with Crippen LogP contribution in [0.25, 0.3) is 39.2 Å². The number of pyridine rings is 1. The monoisotopic (exact) mass is 487 g/mol. The van der Waals surface area contributed by atoms with Gasteiger partial charge in [0.2, 0.25) is 5.91 Å². The van der Waals surface area contributed by atoms with Crippen molar-refractivity contribution in [1.29, 1.82) is 0 Å². The minimum Gasteiger partial charge on any atom is -0.354 e. The Balaban J connectivity index is 1.17. The lowest BCUT2D eigenvalue weighted by Crippen LogP contribution is -2.16. The van der Waals surface area contributed by atoms with Gasteiger partial charge in [0, 0.05) is 47.5 Å². The first kappa shape index (κ1) is 22.5. The minimum atomic E-state index is -0.0904. The summed E-state index contributed by atoms with van der Waals surface area (Å²) >= 11 is 0. The number of H-pyrrole nitrogens is 1. The molecule has 0 saturated carbocycles. The van der Waals surface area contributed by atoms with Crippen molar-refractivity contribution in [2.24, 2.45) is 7.05 Å². The molecular weight excluding hydrogens is 462 g/mol. The number of benzene rings is 2. The van der Waals surface area contributed by atoms with Gasteiger partial charge < -0.3 is 10.3 Å². The van der Waals surface area contributed by atoms with Crippen molar-refractivity contribution < 1.29 is 4.79 Å². The number of aryl methyl sites for hydroxylation is 2. The highest BCUT2D eigenvalue weighted by molar-refractivity contribution is 5.93. The number of carbonyl (C=O) groups excluding carboxylic acids is 1. The SMILES string of the molecule is Cc1cn(-c2nccc3[nH]c(-c4ccc(NC(=O)Cc5cc(-c6ccccc6)nn5C)cc4)cc23)cn1. The predicted octanol–water partition coefficient (Wildman–Crippen LogP) is 5.31. The Kier molecular flexibility index (Phi) is 5.61. The Morgan fingerprint density at radius 2 is 1.78 bits per heavy atom. The van der Waals surface area contributed by atoms with Crippen LogP contribution in [0.3, 0.4) is 0 Å². The Hall–Kier alpha value is -4.98. The van der Waals surface area contributed by atoms with Crippen molar-refractivity contribution in [2.45, 2.75) is 13.3 Å². The van der Waals surface area contributed by atoms with E-state index in [1.54, 1.807) is 17.2 Å². The zero-order valence-corrected chi connectivity index (χ0v) is 20.5. The molecule has 0 radical (unpaired) electrons. The number of carbonyl (C=O) groups is 1. The summed E-state index contributed by atoms with van der Waals surface area (Å²) in [4.78, 5) is 25.1. The van der Waals surface area contributed by atoms with E-state index in [9.17, 15) is 4.79 Å². The fourth-order valence-electron chi connectivity index (χ4n) is 4.46. The fraction of sp³-hybridized carbons (Fsp3) is 0.103. The first-order chi connectivity index (χ1) is 18.0. The molecule has 0 bridgehead atoms. The molecule has 4 heterocycles. The van der Waals surface area contributed by atoms with Crippen LogP contribution in [0.15, 0.2) is 91.5 Å². The number of nitrogens with zero attached hydrogens (tertiary/aromatic N) is 5. The van der Waals surface area contributed by atoms with Crippen LogP contribution >= 0.6 is 0 Å². The lowest BCUT2D eigenvalue weighted by atomic mass is 10.1. The summed E-state index contributed by atoms with van der Waals surface area (Å²) < 4.78 is 3.69. The van der Waals surface area contributed by atoms with Gasteiger partial charge in [-0.2, -0.15) is 5.10 Å². The molecule has 6 aromatic rings. The number of fused-ring (bicyclic) bond motifs is 1. The quantitative estimate of drug-likeness (QED) is 0.333. The number of imidazole rings is 1. The molecule has 1 amide bonds. The van der Waals surface area contributed by atoms with Gasteiger partial charge in [-0.05, 0) is 42.8 Å². The molecule has 0 aliphatic heterocycles. The van der Waals surface area contributed by atoms with Gasteiger partial charge in [-0.25, -0.2) is 9.97 Å². The molecule has 4 aromatic heterocycles. The molecule has 37 heavy (non-hydrogen) atoms. The molecule has 2 N–H and O–H groups in total. The topological polar surface area (TPSA) is 93.4 Å². The van der Waals surface area contributed by atoms with E-state index >= 15 is 0 Å². The average Bonchev–Trinajstić information content (AvgIpc) is 3.63. The third kappa shape index (κ3) is 4.52. The highest BCUT2D eigenvalue weighted by Crippen LogP contribution is 2.28. The first-order valence-electron chi connectivity index (χ1n) is 12.0. The van der Waals surface area contributed by atoms with Crippen molar-refractivity contribution in [3.05, 3.63) is 103 Å². The van der Waals surface area contributed by atoms with Crippen LogP contribution < -0.4 is 5.32 Å². The maximum Gasteiger partial charge on any atom is 0.230 e. The van der Waals surface area contributed by atoms with E-state index in [4.69, 9.17) is 0 Å². The van der Waals surface area contributed by atoms with E-state index in [0.717, 1.165) is 56.3 Å². The van der Waals surface area contributed by atoms with Crippen molar-refractivity contribution in [2.75, 3.05) is 5.32 Å². The van der Waals surface area contributed by atoms with Crippen molar-refractivity contribution in [3.8, 4) is 28.3 Å². The summed E-state index contributed by atoms with van der Waals surface area (Å²) in [6.07, 6.45) is 5.76. The predicted molar refractivity (Wildman–Crippen MR) is 144 cm³/mol. The van der Waals surface area contributed by atoms with Crippen LogP contribution in [0.2, 0.25) is 0 Å². The Morgan fingerprint density at radius 3 is 2.54 bits per heavy atom. The van der Waals surface area contributed by atoms with Crippen LogP contribution in [0.4, 0.5) is 5.69 Å². The number of nitrogens with one attached hydrogen (secondary N) is 2. The van der Waals surface area contributed by atoms with Crippen LogP contribution in [0, 0.1) is 6.92 Å². The molecule has 0 fully saturated rings. The van der Waals surface area contributed by atoms with Gasteiger partial charge in [0.1, 0.15) is 12.1 Å². The molecular formula is C29H25N7O. The zero-order valence-electron chi connectivity index (χ0n) is 20.5. The van der Waals surface area contributed by atoms with Gasteiger partial charge in [0.05, 0.1) is 23.3 Å². The van der Waals surface area contributed by atoms with Gasteiger partial charge in [-0.1, -0.05) is 42.5 Å². The third-order valence-electron chi connectivity index (χ3n) is 6.35. The highest BCUT2D eigenvalue weighted by atomic mass is 16.1. The zero-order chi connectivity index (χ0) is 25.4. The summed E-state index contributed by atoms with van der Waals surface area (Å²) in [7, 11) is 1.86. The number of hydrogen-bond donors (Lipinski definition) is 2. The van der Waals surface area contributed by atoms with E-state index in [0.29, 0.717) is 0 Å². The Bertz CT molecular complexity index is 1710. The number of hydrogen-bond acceptors (Lipinski definition) is 4. The Morgan fingerprint density at radius 1 is 0.973 bits per heavy atom. The van der Waals surface area contributed by atoms with Gasteiger partial charge in [0.25, 0.3) is 0 Å². The lowest BCUT2D eigenvalue weighted by molar-refractivity contribution is -0.115. The van der Waals surface area contributed by atoms with E-state index < -0.39 is 0 Å². The first-order valence-corrected chi connectivity index (χ1v) is 12.0. The molecule has 2 aromatic carbocycles. The molecule has 0 spiro atoms. The van der Waals surface area contributed by atoms with Crippen LogP contribution in [0.5, 0.6) is 0 Å². The summed E-state index contributed by atoms with van der Waals surface area (Å²) in [5.41, 5.74) is 7.40. The molecule has 182 valence electrons. The van der Waals surface area contributed by atoms with Crippen molar-refractivity contribution in [1.82, 2.24) is 29.3 Å². The number of amides is 1. The van der Waals surface area contributed by atoms with E-state index in [1.165, 1.54) is 0 Å². The summed E-state index contributed by atoms with van der Waals surface area (Å²) in [6.45, 7) is 1.96.